The highest BCUT2D eigenvalue weighted by Crippen LogP contribution is 2.15. The summed E-state index contributed by atoms with van der Waals surface area (Å²) in [6, 6.07) is 9.56. The average molecular weight is 353 g/mol. The molecule has 2 aromatic rings. The Morgan fingerprint density at radius 3 is 2.65 bits per heavy atom. The molecule has 0 bridgehead atoms. The van der Waals surface area contributed by atoms with E-state index in [1.165, 1.54) is 0 Å². The molecule has 1 atom stereocenters. The smallest absolute Gasteiger partial charge is 0.349 e. The number of benzene rings is 1. The molecule has 0 saturated heterocycles. The second kappa shape index (κ2) is 8.04. The first-order valence-electron chi connectivity index (χ1n) is 8.81. The lowest BCUT2D eigenvalue weighted by Crippen LogP contribution is -2.35. The van der Waals surface area contributed by atoms with Crippen LogP contribution in [-0.4, -0.2) is 19.1 Å². The summed E-state index contributed by atoms with van der Waals surface area (Å²) in [5.41, 5.74) is 1.29. The SMILES string of the molecule is COc1ccc(CCc2cc(C)c(C(=O)NC3C=CCC3)c(=O)o2)cc1. The van der Waals surface area contributed by atoms with Gasteiger partial charge in [-0.2, -0.15) is 0 Å². The van der Waals surface area contributed by atoms with E-state index in [0.717, 1.165) is 30.6 Å². The van der Waals surface area contributed by atoms with Gasteiger partial charge in [0.05, 0.1) is 7.11 Å². The van der Waals surface area contributed by atoms with Gasteiger partial charge in [0, 0.05) is 12.5 Å². The van der Waals surface area contributed by atoms with Crippen LogP contribution in [0.1, 0.15) is 40.1 Å². The molecule has 0 spiro atoms. The van der Waals surface area contributed by atoms with Crippen molar-refractivity contribution < 1.29 is 13.9 Å². The van der Waals surface area contributed by atoms with Crippen molar-refractivity contribution in [3.63, 3.8) is 0 Å². The maximum atomic E-state index is 12.4. The molecule has 0 radical (unpaired) electrons. The quantitative estimate of drug-likeness (QED) is 0.810. The molecule has 1 amide bonds. The van der Waals surface area contributed by atoms with Crippen LogP contribution in [0.3, 0.4) is 0 Å². The topological polar surface area (TPSA) is 68.5 Å². The van der Waals surface area contributed by atoms with Crippen molar-refractivity contribution in [1.82, 2.24) is 5.32 Å². The lowest BCUT2D eigenvalue weighted by molar-refractivity contribution is 0.0939. The number of methoxy groups -OCH3 is 1. The number of ether oxygens (including phenoxy) is 1. The minimum Gasteiger partial charge on any atom is -0.497 e. The second-order valence-electron chi connectivity index (χ2n) is 6.49. The fourth-order valence-corrected chi connectivity index (χ4v) is 3.12. The molecular weight excluding hydrogens is 330 g/mol. The number of hydrogen-bond acceptors (Lipinski definition) is 4. The average Bonchev–Trinajstić information content (AvgIpc) is 3.12. The number of rotatable bonds is 6. The minimum atomic E-state index is -0.575. The summed E-state index contributed by atoms with van der Waals surface area (Å²) in [5.74, 6) is 1.03. The Morgan fingerprint density at radius 2 is 2.04 bits per heavy atom. The van der Waals surface area contributed by atoms with Crippen LogP contribution in [0.2, 0.25) is 0 Å². The summed E-state index contributed by atoms with van der Waals surface area (Å²) in [4.78, 5) is 24.7. The predicted octanol–water partition coefficient (Wildman–Crippen LogP) is 3.19. The van der Waals surface area contributed by atoms with Crippen LogP contribution in [0.4, 0.5) is 0 Å². The van der Waals surface area contributed by atoms with E-state index < -0.39 is 5.63 Å². The lowest BCUT2D eigenvalue weighted by atomic mass is 10.1. The first-order chi connectivity index (χ1) is 12.6. The zero-order chi connectivity index (χ0) is 18.5. The van der Waals surface area contributed by atoms with Gasteiger partial charge in [-0.3, -0.25) is 4.79 Å². The molecule has 0 fully saturated rings. The zero-order valence-corrected chi connectivity index (χ0v) is 15.1. The van der Waals surface area contributed by atoms with Crippen molar-refractivity contribution in [1.29, 1.82) is 0 Å². The van der Waals surface area contributed by atoms with Crippen molar-refractivity contribution in [3.05, 3.63) is 75.4 Å². The van der Waals surface area contributed by atoms with Crippen LogP contribution in [0.5, 0.6) is 5.75 Å². The van der Waals surface area contributed by atoms with Gasteiger partial charge in [0.2, 0.25) is 0 Å². The van der Waals surface area contributed by atoms with Crippen molar-refractivity contribution in [2.75, 3.05) is 7.11 Å². The van der Waals surface area contributed by atoms with Crippen LogP contribution >= 0.6 is 0 Å². The van der Waals surface area contributed by atoms with Gasteiger partial charge < -0.3 is 14.5 Å². The Bertz CT molecular complexity index is 865. The highest BCUT2D eigenvalue weighted by molar-refractivity contribution is 5.95. The normalized spacial score (nSPS) is 15.8. The molecule has 1 aromatic heterocycles. The Labute approximate surface area is 152 Å². The van der Waals surface area contributed by atoms with Crippen LogP contribution in [0.15, 0.2) is 51.7 Å². The Kier molecular flexibility index (Phi) is 5.56. The molecule has 1 unspecified atom stereocenters. The van der Waals surface area contributed by atoms with E-state index in [1.807, 2.05) is 36.4 Å². The van der Waals surface area contributed by atoms with E-state index >= 15 is 0 Å². The summed E-state index contributed by atoms with van der Waals surface area (Å²) in [5, 5.41) is 2.87. The molecular formula is C21H23NO4. The molecule has 136 valence electrons. The number of carbonyl (C=O) groups is 1. The first-order valence-corrected chi connectivity index (χ1v) is 8.81. The zero-order valence-electron chi connectivity index (χ0n) is 15.1. The Hall–Kier alpha value is -2.82. The monoisotopic (exact) mass is 353 g/mol. The van der Waals surface area contributed by atoms with Gasteiger partial charge in [-0.15, -0.1) is 0 Å². The number of allylic oxidation sites excluding steroid dienone is 1. The molecule has 5 nitrogen and oxygen atoms in total. The van der Waals surface area contributed by atoms with Gasteiger partial charge in [0.25, 0.3) is 5.91 Å². The third-order valence-electron chi connectivity index (χ3n) is 4.58. The second-order valence-corrected chi connectivity index (χ2v) is 6.49. The molecule has 5 heteroatoms. The molecule has 26 heavy (non-hydrogen) atoms. The van der Waals surface area contributed by atoms with E-state index in [4.69, 9.17) is 9.15 Å². The highest BCUT2D eigenvalue weighted by atomic mass is 16.5. The van der Waals surface area contributed by atoms with Gasteiger partial charge in [0.1, 0.15) is 17.1 Å². The fraction of sp³-hybridized carbons (Fsp3) is 0.333. The molecule has 1 aliphatic carbocycles. The third-order valence-corrected chi connectivity index (χ3v) is 4.58. The number of aryl methyl sites for hydroxylation is 3. The first kappa shape index (κ1) is 18.0. The van der Waals surface area contributed by atoms with E-state index in [0.29, 0.717) is 17.7 Å². The molecule has 1 aromatic carbocycles. The van der Waals surface area contributed by atoms with Crippen molar-refractivity contribution in [2.45, 2.75) is 38.6 Å². The molecule has 1 heterocycles. The minimum absolute atomic E-state index is 0.00366. The van der Waals surface area contributed by atoms with Gasteiger partial charge in [-0.05, 0) is 55.5 Å². The van der Waals surface area contributed by atoms with E-state index in [-0.39, 0.29) is 17.5 Å². The van der Waals surface area contributed by atoms with Gasteiger partial charge in [-0.1, -0.05) is 24.3 Å². The van der Waals surface area contributed by atoms with E-state index in [1.54, 1.807) is 20.1 Å². The Morgan fingerprint density at radius 1 is 1.27 bits per heavy atom. The largest absolute Gasteiger partial charge is 0.497 e. The molecule has 0 aliphatic heterocycles. The summed E-state index contributed by atoms with van der Waals surface area (Å²) in [6.07, 6.45) is 7.14. The fourth-order valence-electron chi connectivity index (χ4n) is 3.12. The van der Waals surface area contributed by atoms with Crippen LogP contribution < -0.4 is 15.7 Å². The molecule has 1 aliphatic rings. The number of carbonyl (C=O) groups excluding carboxylic acids is 1. The maximum Gasteiger partial charge on any atom is 0.349 e. The van der Waals surface area contributed by atoms with Crippen molar-refractivity contribution >= 4 is 5.91 Å². The molecule has 0 saturated carbocycles. The summed E-state index contributed by atoms with van der Waals surface area (Å²) in [7, 11) is 1.63. The molecule has 3 rings (SSSR count). The summed E-state index contributed by atoms with van der Waals surface area (Å²) < 4.78 is 10.5. The summed E-state index contributed by atoms with van der Waals surface area (Å²) in [6.45, 7) is 1.77. The predicted molar refractivity (Wildman–Crippen MR) is 99.7 cm³/mol. The summed E-state index contributed by atoms with van der Waals surface area (Å²) >= 11 is 0. The number of hydrogen-bond donors (Lipinski definition) is 1. The number of amides is 1. The molecule has 1 N–H and O–H groups in total. The van der Waals surface area contributed by atoms with E-state index in [9.17, 15) is 9.59 Å². The van der Waals surface area contributed by atoms with Crippen LogP contribution in [-0.2, 0) is 12.8 Å². The van der Waals surface area contributed by atoms with Crippen LogP contribution in [0.25, 0.3) is 0 Å². The number of nitrogens with one attached hydrogen (secondary N) is 1. The van der Waals surface area contributed by atoms with Gasteiger partial charge in [-0.25, -0.2) is 4.79 Å². The van der Waals surface area contributed by atoms with Crippen molar-refractivity contribution in [2.24, 2.45) is 0 Å². The van der Waals surface area contributed by atoms with Gasteiger partial charge in [0.15, 0.2) is 0 Å². The van der Waals surface area contributed by atoms with Crippen molar-refractivity contribution in [3.8, 4) is 5.75 Å². The maximum absolute atomic E-state index is 12.4. The third kappa shape index (κ3) is 4.23. The van der Waals surface area contributed by atoms with Gasteiger partial charge >= 0.3 is 5.63 Å². The Balaban J connectivity index is 1.68. The van der Waals surface area contributed by atoms with E-state index in [2.05, 4.69) is 5.32 Å². The highest BCUT2D eigenvalue weighted by Gasteiger charge is 2.20. The van der Waals surface area contributed by atoms with Crippen LogP contribution in [0, 0.1) is 6.92 Å². The lowest BCUT2D eigenvalue weighted by Gasteiger charge is -2.12. The standard InChI is InChI=1S/C21H23NO4/c1-14-13-18(12-9-15-7-10-17(25-2)11-8-15)26-21(24)19(14)20(23)22-16-5-3-4-6-16/h3,5,7-8,10-11,13,16H,4,6,9,12H2,1-2H3,(H,22,23).